The summed E-state index contributed by atoms with van der Waals surface area (Å²) in [6.07, 6.45) is -0.0974. The Morgan fingerprint density at radius 1 is 1.08 bits per heavy atom. The van der Waals surface area contributed by atoms with Crippen molar-refractivity contribution < 1.29 is 22.7 Å². The molecule has 0 radical (unpaired) electrons. The molecule has 0 saturated heterocycles. The molecule has 26 heavy (non-hydrogen) atoms. The number of carbonyl (C=O) groups excluding carboxylic acids is 2. The topological polar surface area (TPSA) is 102 Å². The number of benzene rings is 2. The van der Waals surface area contributed by atoms with E-state index < -0.39 is 15.9 Å². The SMILES string of the molecule is COc1cc(CC(=O)NS(=O)(=O)c2ccc(NC(C)=O)cc2)ccc1C. The van der Waals surface area contributed by atoms with Gasteiger partial charge in [0.05, 0.1) is 18.4 Å². The number of sulfonamides is 1. The number of aryl methyl sites for hydroxylation is 1. The van der Waals surface area contributed by atoms with Crippen LogP contribution in [0.5, 0.6) is 5.75 Å². The van der Waals surface area contributed by atoms with Crippen molar-refractivity contribution in [3.8, 4) is 5.75 Å². The Bertz CT molecular complexity index is 921. The van der Waals surface area contributed by atoms with Gasteiger partial charge in [0.15, 0.2) is 0 Å². The van der Waals surface area contributed by atoms with Gasteiger partial charge in [0.25, 0.3) is 10.0 Å². The molecule has 0 saturated carbocycles. The summed E-state index contributed by atoms with van der Waals surface area (Å²) in [6.45, 7) is 3.22. The van der Waals surface area contributed by atoms with Gasteiger partial charge >= 0.3 is 0 Å². The minimum absolute atomic E-state index is 0.0681. The highest BCUT2D eigenvalue weighted by Crippen LogP contribution is 2.19. The summed E-state index contributed by atoms with van der Waals surface area (Å²) >= 11 is 0. The number of hydrogen-bond donors (Lipinski definition) is 2. The molecule has 0 atom stereocenters. The summed E-state index contributed by atoms with van der Waals surface area (Å²) in [4.78, 5) is 23.0. The van der Waals surface area contributed by atoms with Gasteiger partial charge in [0, 0.05) is 12.6 Å². The van der Waals surface area contributed by atoms with E-state index in [0.717, 1.165) is 5.56 Å². The Morgan fingerprint density at radius 2 is 1.73 bits per heavy atom. The molecule has 0 heterocycles. The summed E-state index contributed by atoms with van der Waals surface area (Å²) < 4.78 is 31.8. The molecule has 0 unspecified atom stereocenters. The normalized spacial score (nSPS) is 10.9. The lowest BCUT2D eigenvalue weighted by atomic mass is 10.1. The first-order valence-corrected chi connectivity index (χ1v) is 9.26. The first kappa shape index (κ1) is 19.5. The Hall–Kier alpha value is -2.87. The van der Waals surface area contributed by atoms with Crippen molar-refractivity contribution in [1.82, 2.24) is 4.72 Å². The summed E-state index contributed by atoms with van der Waals surface area (Å²) in [7, 11) is -2.46. The number of rotatable bonds is 6. The third-order valence-corrected chi connectivity index (χ3v) is 4.96. The van der Waals surface area contributed by atoms with Crippen LogP contribution >= 0.6 is 0 Å². The number of methoxy groups -OCH3 is 1. The Balaban J connectivity index is 2.08. The van der Waals surface area contributed by atoms with Crippen LogP contribution in [0, 0.1) is 6.92 Å². The zero-order valence-corrected chi connectivity index (χ0v) is 15.5. The predicted octanol–water partition coefficient (Wildman–Crippen LogP) is 2.01. The average Bonchev–Trinajstić information content (AvgIpc) is 2.56. The van der Waals surface area contributed by atoms with Crippen LogP contribution in [0.4, 0.5) is 5.69 Å². The predicted molar refractivity (Wildman–Crippen MR) is 97.5 cm³/mol. The third-order valence-electron chi connectivity index (χ3n) is 3.57. The standard InChI is InChI=1S/C18H20N2O5S/c1-12-4-5-14(10-17(12)25-3)11-18(22)20-26(23,24)16-8-6-15(7-9-16)19-13(2)21/h4-10H,11H2,1-3H3,(H,19,21)(H,20,22). The molecule has 0 bridgehead atoms. The summed E-state index contributed by atoms with van der Waals surface area (Å²) in [6, 6.07) is 10.8. The van der Waals surface area contributed by atoms with Crippen LogP contribution in [0.1, 0.15) is 18.1 Å². The van der Waals surface area contributed by atoms with Gasteiger partial charge in [0.2, 0.25) is 11.8 Å². The number of anilines is 1. The van der Waals surface area contributed by atoms with Crippen LogP contribution in [-0.2, 0) is 26.0 Å². The van der Waals surface area contributed by atoms with Crippen LogP contribution in [0.15, 0.2) is 47.4 Å². The van der Waals surface area contributed by atoms with Crippen LogP contribution < -0.4 is 14.8 Å². The van der Waals surface area contributed by atoms with Crippen molar-refractivity contribution in [3.63, 3.8) is 0 Å². The molecule has 2 aromatic carbocycles. The molecule has 2 rings (SSSR count). The zero-order valence-electron chi connectivity index (χ0n) is 14.7. The van der Waals surface area contributed by atoms with Crippen molar-refractivity contribution in [2.75, 3.05) is 12.4 Å². The minimum atomic E-state index is -3.99. The van der Waals surface area contributed by atoms with Crippen molar-refractivity contribution >= 4 is 27.5 Å². The van der Waals surface area contributed by atoms with Gasteiger partial charge in [-0.05, 0) is 48.4 Å². The summed E-state index contributed by atoms with van der Waals surface area (Å²) in [5.41, 5.74) is 2.03. The molecular formula is C18H20N2O5S. The maximum absolute atomic E-state index is 12.3. The van der Waals surface area contributed by atoms with Crippen LogP contribution in [-0.4, -0.2) is 27.3 Å². The van der Waals surface area contributed by atoms with E-state index in [2.05, 4.69) is 5.32 Å². The van der Waals surface area contributed by atoms with E-state index in [4.69, 9.17) is 4.74 Å². The number of ether oxygens (including phenoxy) is 1. The average molecular weight is 376 g/mol. The van der Waals surface area contributed by atoms with Crippen LogP contribution in [0.2, 0.25) is 0 Å². The maximum atomic E-state index is 12.3. The molecule has 138 valence electrons. The van der Waals surface area contributed by atoms with Gasteiger partial charge in [-0.25, -0.2) is 13.1 Å². The Labute approximate surface area is 152 Å². The first-order chi connectivity index (χ1) is 12.2. The zero-order chi connectivity index (χ0) is 19.3. The van der Waals surface area contributed by atoms with Gasteiger partial charge in [-0.15, -0.1) is 0 Å². The van der Waals surface area contributed by atoms with Gasteiger partial charge in [-0.3, -0.25) is 9.59 Å². The fourth-order valence-corrected chi connectivity index (χ4v) is 3.31. The molecule has 2 N–H and O–H groups in total. The third kappa shape index (κ3) is 5.06. The molecule has 0 aliphatic rings. The molecule has 8 heteroatoms. The molecule has 0 spiro atoms. The highest BCUT2D eigenvalue weighted by Gasteiger charge is 2.18. The molecule has 2 amide bonds. The summed E-state index contributed by atoms with van der Waals surface area (Å²) in [5.74, 6) is -0.281. The monoisotopic (exact) mass is 376 g/mol. The lowest BCUT2D eigenvalue weighted by molar-refractivity contribution is -0.118. The summed E-state index contributed by atoms with van der Waals surface area (Å²) in [5, 5.41) is 2.54. The number of carbonyl (C=O) groups is 2. The second-order valence-corrected chi connectivity index (χ2v) is 7.40. The second-order valence-electron chi connectivity index (χ2n) is 5.71. The fraction of sp³-hybridized carbons (Fsp3) is 0.222. The molecule has 0 fully saturated rings. The van der Waals surface area contributed by atoms with Gasteiger partial charge in [-0.1, -0.05) is 12.1 Å². The Morgan fingerprint density at radius 3 is 2.31 bits per heavy atom. The van der Waals surface area contributed by atoms with Crippen LogP contribution in [0.3, 0.4) is 0 Å². The van der Waals surface area contributed by atoms with E-state index in [1.165, 1.54) is 38.3 Å². The first-order valence-electron chi connectivity index (χ1n) is 7.78. The van der Waals surface area contributed by atoms with Gasteiger partial charge in [0.1, 0.15) is 5.75 Å². The van der Waals surface area contributed by atoms with Crippen LogP contribution in [0.25, 0.3) is 0 Å². The van der Waals surface area contributed by atoms with Crippen molar-refractivity contribution in [3.05, 3.63) is 53.6 Å². The maximum Gasteiger partial charge on any atom is 0.264 e. The highest BCUT2D eigenvalue weighted by molar-refractivity contribution is 7.90. The largest absolute Gasteiger partial charge is 0.496 e. The van der Waals surface area contributed by atoms with E-state index in [-0.39, 0.29) is 17.2 Å². The van der Waals surface area contributed by atoms with E-state index in [1.54, 1.807) is 18.2 Å². The lowest BCUT2D eigenvalue weighted by Crippen LogP contribution is -2.31. The van der Waals surface area contributed by atoms with Gasteiger partial charge in [-0.2, -0.15) is 0 Å². The molecule has 2 aromatic rings. The molecule has 0 aliphatic carbocycles. The van der Waals surface area contributed by atoms with Gasteiger partial charge < -0.3 is 10.1 Å². The molecule has 7 nitrogen and oxygen atoms in total. The second kappa shape index (κ2) is 8.01. The van der Waals surface area contributed by atoms with E-state index in [1.807, 2.05) is 11.6 Å². The molecule has 0 aromatic heterocycles. The van der Waals surface area contributed by atoms with E-state index in [0.29, 0.717) is 17.0 Å². The number of hydrogen-bond acceptors (Lipinski definition) is 5. The quantitative estimate of drug-likeness (QED) is 0.803. The number of nitrogens with one attached hydrogen (secondary N) is 2. The highest BCUT2D eigenvalue weighted by atomic mass is 32.2. The smallest absolute Gasteiger partial charge is 0.264 e. The van der Waals surface area contributed by atoms with Crippen molar-refractivity contribution in [2.45, 2.75) is 25.2 Å². The lowest BCUT2D eigenvalue weighted by Gasteiger charge is -2.10. The fourth-order valence-electron chi connectivity index (χ4n) is 2.33. The molecular weight excluding hydrogens is 356 g/mol. The molecule has 0 aliphatic heterocycles. The van der Waals surface area contributed by atoms with E-state index >= 15 is 0 Å². The minimum Gasteiger partial charge on any atom is -0.496 e. The van der Waals surface area contributed by atoms with Crippen molar-refractivity contribution in [2.24, 2.45) is 0 Å². The Kier molecular flexibility index (Phi) is 5.99. The van der Waals surface area contributed by atoms with Crippen molar-refractivity contribution in [1.29, 1.82) is 0 Å². The number of amides is 2. The van der Waals surface area contributed by atoms with E-state index in [9.17, 15) is 18.0 Å².